The van der Waals surface area contributed by atoms with Crippen molar-refractivity contribution >= 4 is 16.8 Å². The van der Waals surface area contributed by atoms with Crippen molar-refractivity contribution in [3.8, 4) is 0 Å². The van der Waals surface area contributed by atoms with Crippen LogP contribution in [0.2, 0.25) is 0 Å². The molecule has 0 spiro atoms. The van der Waals surface area contributed by atoms with Gasteiger partial charge in [0.05, 0.1) is 12.0 Å². The van der Waals surface area contributed by atoms with Crippen molar-refractivity contribution in [1.29, 1.82) is 0 Å². The van der Waals surface area contributed by atoms with Gasteiger partial charge in [-0.15, -0.1) is 0 Å². The molecule has 1 N–H and O–H groups in total. The van der Waals surface area contributed by atoms with E-state index in [1.54, 1.807) is 12.4 Å². The van der Waals surface area contributed by atoms with E-state index in [0.29, 0.717) is 18.6 Å². The molecule has 0 aliphatic rings. The SMILES string of the molecule is Cc1[nH]cnc1CCC(=O)c1cc2ccccc2o1. The third-order valence-corrected chi connectivity index (χ3v) is 3.22. The quantitative estimate of drug-likeness (QED) is 0.727. The van der Waals surface area contributed by atoms with E-state index in [2.05, 4.69) is 9.97 Å². The highest BCUT2D eigenvalue weighted by Crippen LogP contribution is 2.20. The summed E-state index contributed by atoms with van der Waals surface area (Å²) in [5.74, 6) is 0.438. The third-order valence-electron chi connectivity index (χ3n) is 3.22. The summed E-state index contributed by atoms with van der Waals surface area (Å²) in [6.45, 7) is 1.95. The zero-order valence-electron chi connectivity index (χ0n) is 10.6. The van der Waals surface area contributed by atoms with Gasteiger partial charge in [0.1, 0.15) is 5.58 Å². The predicted molar refractivity (Wildman–Crippen MR) is 72.2 cm³/mol. The second-order valence-electron chi connectivity index (χ2n) is 4.55. The van der Waals surface area contributed by atoms with Crippen molar-refractivity contribution in [2.75, 3.05) is 0 Å². The van der Waals surface area contributed by atoms with Gasteiger partial charge in [-0.05, 0) is 25.5 Å². The van der Waals surface area contributed by atoms with Gasteiger partial charge < -0.3 is 9.40 Å². The Bertz CT molecular complexity index is 691. The van der Waals surface area contributed by atoms with Crippen molar-refractivity contribution in [2.45, 2.75) is 19.8 Å². The summed E-state index contributed by atoms with van der Waals surface area (Å²) in [7, 11) is 0. The second kappa shape index (κ2) is 4.72. The highest BCUT2D eigenvalue weighted by Gasteiger charge is 2.13. The van der Waals surface area contributed by atoms with Crippen LogP contribution in [-0.4, -0.2) is 15.8 Å². The van der Waals surface area contributed by atoms with Gasteiger partial charge in [-0.1, -0.05) is 18.2 Å². The molecule has 1 aromatic carbocycles. The number of hydrogen-bond acceptors (Lipinski definition) is 3. The number of furan rings is 1. The minimum absolute atomic E-state index is 0.0126. The Balaban J connectivity index is 1.75. The standard InChI is InChI=1S/C15H14N2O2/c1-10-12(17-9-16-10)6-7-13(18)15-8-11-4-2-3-5-14(11)19-15/h2-5,8-9H,6-7H2,1H3,(H,16,17). The van der Waals surface area contributed by atoms with Crippen LogP contribution in [0.5, 0.6) is 0 Å². The lowest BCUT2D eigenvalue weighted by Crippen LogP contribution is -2.00. The van der Waals surface area contributed by atoms with Gasteiger partial charge in [-0.25, -0.2) is 4.98 Å². The highest BCUT2D eigenvalue weighted by atomic mass is 16.3. The predicted octanol–water partition coefficient (Wildman–Crippen LogP) is 3.28. The van der Waals surface area contributed by atoms with Crippen molar-refractivity contribution in [2.24, 2.45) is 0 Å². The molecule has 0 radical (unpaired) electrons. The molecule has 3 rings (SSSR count). The number of H-pyrrole nitrogens is 1. The first-order valence-corrected chi connectivity index (χ1v) is 6.24. The third kappa shape index (κ3) is 2.29. The number of ketones is 1. The fourth-order valence-electron chi connectivity index (χ4n) is 2.11. The van der Waals surface area contributed by atoms with Crippen LogP contribution in [-0.2, 0) is 6.42 Å². The van der Waals surface area contributed by atoms with E-state index in [1.165, 1.54) is 0 Å². The number of aromatic nitrogens is 2. The first kappa shape index (κ1) is 11.7. The molecule has 0 aliphatic carbocycles. The summed E-state index contributed by atoms with van der Waals surface area (Å²) >= 11 is 0. The number of rotatable bonds is 4. The van der Waals surface area contributed by atoms with Crippen LogP contribution in [0.4, 0.5) is 0 Å². The summed E-state index contributed by atoms with van der Waals surface area (Å²) in [4.78, 5) is 19.3. The van der Waals surface area contributed by atoms with Gasteiger partial charge >= 0.3 is 0 Å². The number of imidazole rings is 1. The molecule has 0 atom stereocenters. The molecule has 0 amide bonds. The monoisotopic (exact) mass is 254 g/mol. The smallest absolute Gasteiger partial charge is 0.198 e. The molecule has 0 saturated heterocycles. The van der Waals surface area contributed by atoms with E-state index in [0.717, 1.165) is 22.4 Å². The molecule has 0 fully saturated rings. The number of aryl methyl sites for hydroxylation is 2. The van der Waals surface area contributed by atoms with Crippen LogP contribution in [0, 0.1) is 6.92 Å². The van der Waals surface area contributed by atoms with E-state index < -0.39 is 0 Å². The number of carbonyl (C=O) groups is 1. The summed E-state index contributed by atoms with van der Waals surface area (Å²) in [6.07, 6.45) is 2.69. The maximum absolute atomic E-state index is 12.1. The Hall–Kier alpha value is -2.36. The van der Waals surface area contributed by atoms with Crippen LogP contribution < -0.4 is 0 Å². The van der Waals surface area contributed by atoms with E-state index in [4.69, 9.17) is 4.42 Å². The number of para-hydroxylation sites is 1. The normalized spacial score (nSPS) is 11.0. The fourth-order valence-corrected chi connectivity index (χ4v) is 2.11. The summed E-state index contributed by atoms with van der Waals surface area (Å²) in [5, 5.41) is 0.960. The molecule has 0 saturated carbocycles. The minimum Gasteiger partial charge on any atom is -0.453 e. The van der Waals surface area contributed by atoms with Crippen molar-refractivity contribution < 1.29 is 9.21 Å². The van der Waals surface area contributed by atoms with Crippen molar-refractivity contribution in [3.63, 3.8) is 0 Å². The van der Waals surface area contributed by atoms with Gasteiger partial charge in [0, 0.05) is 17.5 Å². The molecule has 0 bridgehead atoms. The number of carbonyl (C=O) groups excluding carboxylic acids is 1. The maximum Gasteiger partial charge on any atom is 0.198 e. The molecule has 3 aromatic rings. The van der Waals surface area contributed by atoms with E-state index in [1.807, 2.05) is 31.2 Å². The molecule has 2 aromatic heterocycles. The molecule has 19 heavy (non-hydrogen) atoms. The topological polar surface area (TPSA) is 58.9 Å². The van der Waals surface area contributed by atoms with Crippen LogP contribution in [0.1, 0.15) is 28.4 Å². The largest absolute Gasteiger partial charge is 0.453 e. The molecule has 2 heterocycles. The van der Waals surface area contributed by atoms with Gasteiger partial charge in [0.2, 0.25) is 0 Å². The van der Waals surface area contributed by atoms with Crippen LogP contribution in [0.25, 0.3) is 11.0 Å². The number of hydrogen-bond donors (Lipinski definition) is 1. The number of nitrogens with zero attached hydrogens (tertiary/aromatic N) is 1. The van der Waals surface area contributed by atoms with Gasteiger partial charge in [-0.3, -0.25) is 4.79 Å². The first-order valence-electron chi connectivity index (χ1n) is 6.24. The summed E-state index contributed by atoms with van der Waals surface area (Å²) in [6, 6.07) is 9.43. The van der Waals surface area contributed by atoms with Gasteiger partial charge in [0.25, 0.3) is 0 Å². The van der Waals surface area contributed by atoms with Crippen molar-refractivity contribution in [1.82, 2.24) is 9.97 Å². The van der Waals surface area contributed by atoms with Crippen LogP contribution >= 0.6 is 0 Å². The average molecular weight is 254 g/mol. The van der Waals surface area contributed by atoms with E-state index in [-0.39, 0.29) is 5.78 Å². The van der Waals surface area contributed by atoms with Gasteiger partial charge in [0.15, 0.2) is 11.5 Å². The molecule has 0 unspecified atom stereocenters. The lowest BCUT2D eigenvalue weighted by molar-refractivity contribution is 0.0958. The van der Waals surface area contributed by atoms with E-state index in [9.17, 15) is 4.79 Å². The lowest BCUT2D eigenvalue weighted by atomic mass is 10.1. The summed E-state index contributed by atoms with van der Waals surface area (Å²) < 4.78 is 5.55. The number of Topliss-reactive ketones (excluding diaryl/α,β-unsaturated/α-hetero) is 1. The first-order chi connectivity index (χ1) is 9.24. The van der Waals surface area contributed by atoms with Crippen LogP contribution in [0.15, 0.2) is 41.1 Å². The average Bonchev–Trinajstić information content (AvgIpc) is 3.01. The Morgan fingerprint density at radius 3 is 2.95 bits per heavy atom. The van der Waals surface area contributed by atoms with E-state index >= 15 is 0 Å². The Labute approximate surface area is 110 Å². The van der Waals surface area contributed by atoms with Gasteiger partial charge in [-0.2, -0.15) is 0 Å². The number of nitrogens with one attached hydrogen (secondary N) is 1. The highest BCUT2D eigenvalue weighted by molar-refractivity contribution is 5.97. The second-order valence-corrected chi connectivity index (χ2v) is 4.55. The maximum atomic E-state index is 12.1. The minimum atomic E-state index is 0.0126. The zero-order valence-corrected chi connectivity index (χ0v) is 10.6. The summed E-state index contributed by atoms with van der Waals surface area (Å²) in [5.41, 5.74) is 2.70. The lowest BCUT2D eigenvalue weighted by Gasteiger charge is -1.97. The number of aromatic amines is 1. The van der Waals surface area contributed by atoms with Crippen molar-refractivity contribution in [3.05, 3.63) is 53.8 Å². The molecule has 96 valence electrons. The molecule has 4 nitrogen and oxygen atoms in total. The Morgan fingerprint density at radius 2 is 2.21 bits per heavy atom. The zero-order chi connectivity index (χ0) is 13.2. The molecule has 4 heteroatoms. The van der Waals surface area contributed by atoms with Crippen LogP contribution in [0.3, 0.4) is 0 Å². The molecule has 0 aliphatic heterocycles. The number of benzene rings is 1. The Kier molecular flexibility index (Phi) is 2.91. The Morgan fingerprint density at radius 1 is 1.37 bits per heavy atom. The molecular formula is C15H14N2O2. The fraction of sp³-hybridized carbons (Fsp3) is 0.200. The molecular weight excluding hydrogens is 240 g/mol. The number of fused-ring (bicyclic) bond motifs is 1.